The number of hydrogen-bond acceptors (Lipinski definition) is 1. The number of halogens is 2. The standard InChI is InChI=1S/C5H11BrClO2P/c6-4-2-1-3-5-10(7,8)9/h1-5H2,(H,8,9). The van der Waals surface area contributed by atoms with Gasteiger partial charge in [-0.3, -0.25) is 4.57 Å². The van der Waals surface area contributed by atoms with E-state index in [0.29, 0.717) is 0 Å². The van der Waals surface area contributed by atoms with Crippen molar-refractivity contribution in [3.8, 4) is 0 Å². The molecule has 0 aromatic heterocycles. The van der Waals surface area contributed by atoms with Crippen molar-refractivity contribution in [3.05, 3.63) is 0 Å². The first-order valence-corrected chi connectivity index (χ1v) is 7.01. The van der Waals surface area contributed by atoms with Gasteiger partial charge >= 0.3 is 0 Å². The van der Waals surface area contributed by atoms with Crippen molar-refractivity contribution < 1.29 is 9.46 Å². The largest absolute Gasteiger partial charge is 0.333 e. The minimum Gasteiger partial charge on any atom is -0.333 e. The van der Waals surface area contributed by atoms with Crippen LogP contribution in [0.4, 0.5) is 0 Å². The molecule has 0 aliphatic heterocycles. The molecule has 1 unspecified atom stereocenters. The summed E-state index contributed by atoms with van der Waals surface area (Å²) in [6, 6.07) is 0. The molecule has 5 heteroatoms. The zero-order chi connectivity index (χ0) is 8.04. The molecule has 1 N–H and O–H groups in total. The van der Waals surface area contributed by atoms with Crippen molar-refractivity contribution in [1.82, 2.24) is 0 Å². The van der Waals surface area contributed by atoms with Gasteiger partial charge in [0.1, 0.15) is 0 Å². The van der Waals surface area contributed by atoms with Crippen LogP contribution in [0.5, 0.6) is 0 Å². The maximum absolute atomic E-state index is 10.5. The van der Waals surface area contributed by atoms with Crippen LogP contribution < -0.4 is 0 Å². The van der Waals surface area contributed by atoms with Crippen LogP contribution in [-0.4, -0.2) is 16.4 Å². The summed E-state index contributed by atoms with van der Waals surface area (Å²) in [6.07, 6.45) is 2.98. The topological polar surface area (TPSA) is 37.3 Å². The molecule has 0 aromatic rings. The van der Waals surface area contributed by atoms with Crippen molar-refractivity contribution in [2.24, 2.45) is 0 Å². The predicted octanol–water partition coefficient (Wildman–Crippen LogP) is 2.98. The highest BCUT2D eigenvalue weighted by atomic mass is 79.9. The van der Waals surface area contributed by atoms with Crippen LogP contribution in [0.3, 0.4) is 0 Å². The molecule has 2 nitrogen and oxygen atoms in total. The van der Waals surface area contributed by atoms with Crippen molar-refractivity contribution in [2.75, 3.05) is 11.5 Å². The second-order valence-electron chi connectivity index (χ2n) is 2.09. The third kappa shape index (κ3) is 8.96. The van der Waals surface area contributed by atoms with Gasteiger partial charge in [0.2, 0.25) is 0 Å². The normalized spacial score (nSPS) is 16.7. The Labute approximate surface area is 74.3 Å². The lowest BCUT2D eigenvalue weighted by Crippen LogP contribution is -1.84. The van der Waals surface area contributed by atoms with E-state index < -0.39 is 6.72 Å². The summed E-state index contributed by atoms with van der Waals surface area (Å²) in [5, 5.41) is 0.949. The van der Waals surface area contributed by atoms with Gasteiger partial charge in [-0.25, -0.2) is 0 Å². The van der Waals surface area contributed by atoms with E-state index >= 15 is 0 Å². The van der Waals surface area contributed by atoms with Crippen LogP contribution in [0.1, 0.15) is 19.3 Å². The van der Waals surface area contributed by atoms with Gasteiger partial charge in [-0.1, -0.05) is 22.4 Å². The summed E-state index contributed by atoms with van der Waals surface area (Å²) < 4.78 is 10.5. The second-order valence-corrected chi connectivity index (χ2v) is 6.15. The molecule has 0 heterocycles. The van der Waals surface area contributed by atoms with E-state index in [0.717, 1.165) is 24.6 Å². The Morgan fingerprint density at radius 2 is 2.00 bits per heavy atom. The second kappa shape index (κ2) is 5.59. The van der Waals surface area contributed by atoms with E-state index in [4.69, 9.17) is 16.1 Å². The van der Waals surface area contributed by atoms with E-state index in [2.05, 4.69) is 15.9 Å². The van der Waals surface area contributed by atoms with Gasteiger partial charge in [0, 0.05) is 11.5 Å². The Kier molecular flexibility index (Phi) is 6.13. The van der Waals surface area contributed by atoms with E-state index in [1.807, 2.05) is 0 Å². The first-order chi connectivity index (χ1) is 4.56. The highest BCUT2D eigenvalue weighted by molar-refractivity contribution is 9.09. The van der Waals surface area contributed by atoms with E-state index in [-0.39, 0.29) is 6.16 Å². The van der Waals surface area contributed by atoms with Gasteiger partial charge in [-0.15, -0.1) is 0 Å². The van der Waals surface area contributed by atoms with E-state index in [9.17, 15) is 4.57 Å². The molecule has 62 valence electrons. The SMILES string of the molecule is O=P(O)(Cl)CCCCCBr. The lowest BCUT2D eigenvalue weighted by atomic mass is 10.3. The fourth-order valence-corrected chi connectivity index (χ4v) is 1.95. The Balaban J connectivity index is 3.13. The van der Waals surface area contributed by atoms with Gasteiger partial charge in [0.05, 0.1) is 0 Å². The Morgan fingerprint density at radius 3 is 2.40 bits per heavy atom. The third-order valence-electron chi connectivity index (χ3n) is 1.07. The summed E-state index contributed by atoms with van der Waals surface area (Å²) in [4.78, 5) is 8.63. The zero-order valence-corrected chi connectivity index (χ0v) is 8.83. The Morgan fingerprint density at radius 1 is 1.40 bits per heavy atom. The van der Waals surface area contributed by atoms with E-state index in [1.54, 1.807) is 0 Å². The maximum Gasteiger partial charge on any atom is 0.287 e. The summed E-state index contributed by atoms with van der Waals surface area (Å²) in [6.45, 7) is -3.25. The molecule has 0 saturated carbocycles. The van der Waals surface area contributed by atoms with Crippen LogP contribution in [-0.2, 0) is 4.57 Å². The molecule has 1 atom stereocenters. The van der Waals surface area contributed by atoms with Crippen LogP contribution in [0.15, 0.2) is 0 Å². The highest BCUT2D eigenvalue weighted by Crippen LogP contribution is 2.46. The van der Waals surface area contributed by atoms with Crippen molar-refractivity contribution in [2.45, 2.75) is 19.3 Å². The number of hydrogen-bond donors (Lipinski definition) is 1. The average Bonchev–Trinajstić information content (AvgIpc) is 1.78. The molecule has 10 heavy (non-hydrogen) atoms. The van der Waals surface area contributed by atoms with Crippen LogP contribution in [0.2, 0.25) is 0 Å². The predicted molar refractivity (Wildman–Crippen MR) is 48.2 cm³/mol. The summed E-state index contributed by atoms with van der Waals surface area (Å²) in [5.41, 5.74) is 0. The monoisotopic (exact) mass is 248 g/mol. The molecule has 0 saturated heterocycles. The van der Waals surface area contributed by atoms with Crippen molar-refractivity contribution in [3.63, 3.8) is 0 Å². The van der Waals surface area contributed by atoms with Gasteiger partial charge in [-0.2, -0.15) is 0 Å². The molecular weight excluding hydrogens is 238 g/mol. The molecule has 0 bridgehead atoms. The number of alkyl halides is 1. The van der Waals surface area contributed by atoms with E-state index in [1.165, 1.54) is 0 Å². The van der Waals surface area contributed by atoms with Gasteiger partial charge in [0.15, 0.2) is 0 Å². The lowest BCUT2D eigenvalue weighted by Gasteiger charge is -2.00. The molecule has 0 fully saturated rings. The first-order valence-electron chi connectivity index (χ1n) is 3.14. The molecular formula is C5H11BrClO2P. The average molecular weight is 249 g/mol. The number of rotatable bonds is 5. The summed E-state index contributed by atoms with van der Waals surface area (Å²) >= 11 is 8.38. The van der Waals surface area contributed by atoms with Crippen molar-refractivity contribution >= 4 is 33.9 Å². The number of unbranched alkanes of at least 4 members (excludes halogenated alkanes) is 2. The molecule has 0 aromatic carbocycles. The fourth-order valence-electron chi connectivity index (χ4n) is 0.578. The minimum absolute atomic E-state index is 0.238. The van der Waals surface area contributed by atoms with Gasteiger partial charge in [-0.05, 0) is 24.1 Å². The Bertz CT molecular complexity index is 125. The van der Waals surface area contributed by atoms with Crippen LogP contribution in [0, 0.1) is 0 Å². The summed E-state index contributed by atoms with van der Waals surface area (Å²) in [5.74, 6) is 0. The first kappa shape index (κ1) is 11.0. The Hall–Kier alpha value is 0.960. The molecule has 0 aliphatic carbocycles. The van der Waals surface area contributed by atoms with Gasteiger partial charge in [0.25, 0.3) is 6.72 Å². The fraction of sp³-hybridized carbons (Fsp3) is 1.00. The smallest absolute Gasteiger partial charge is 0.287 e. The maximum atomic E-state index is 10.5. The molecule has 0 rings (SSSR count). The molecule has 0 radical (unpaired) electrons. The molecule has 0 aliphatic rings. The lowest BCUT2D eigenvalue weighted by molar-refractivity contribution is 0.492. The summed E-state index contributed by atoms with van der Waals surface area (Å²) in [7, 11) is 0. The zero-order valence-electron chi connectivity index (χ0n) is 5.59. The van der Waals surface area contributed by atoms with Crippen LogP contribution >= 0.6 is 33.9 Å². The minimum atomic E-state index is -3.25. The van der Waals surface area contributed by atoms with Crippen molar-refractivity contribution in [1.29, 1.82) is 0 Å². The third-order valence-corrected chi connectivity index (χ3v) is 3.00. The highest BCUT2D eigenvalue weighted by Gasteiger charge is 2.10. The van der Waals surface area contributed by atoms with Gasteiger partial charge < -0.3 is 4.89 Å². The molecule has 0 spiro atoms. The quantitative estimate of drug-likeness (QED) is 0.462. The molecule has 0 amide bonds. The van der Waals surface area contributed by atoms with Crippen LogP contribution in [0.25, 0.3) is 0 Å².